The van der Waals surface area contributed by atoms with Crippen molar-refractivity contribution in [2.45, 2.75) is 26.7 Å². The number of likely N-dealkylation sites (N-methyl/N-ethyl adjacent to an activating group) is 1. The van der Waals surface area contributed by atoms with Crippen molar-refractivity contribution >= 4 is 23.5 Å². The average Bonchev–Trinajstić information content (AvgIpc) is 2.76. The van der Waals surface area contributed by atoms with Gasteiger partial charge in [0.05, 0.1) is 23.4 Å². The summed E-state index contributed by atoms with van der Waals surface area (Å²) in [5.41, 5.74) is 0.242. The van der Waals surface area contributed by atoms with E-state index in [2.05, 4.69) is 0 Å². The molecule has 1 amide bonds. The predicted octanol–water partition coefficient (Wildman–Crippen LogP) is 3.86. The van der Waals surface area contributed by atoms with Gasteiger partial charge in [-0.1, -0.05) is 37.6 Å². The molecule has 160 valence electrons. The summed E-state index contributed by atoms with van der Waals surface area (Å²) < 4.78 is 15.9. The minimum atomic E-state index is -0.717. The second kappa shape index (κ2) is 11.7. The van der Waals surface area contributed by atoms with Crippen molar-refractivity contribution in [3.63, 3.8) is 0 Å². The summed E-state index contributed by atoms with van der Waals surface area (Å²) in [4.78, 5) is 39.3. The molecule has 0 aromatic heterocycles. The van der Waals surface area contributed by atoms with E-state index in [-0.39, 0.29) is 35.9 Å². The molecule has 30 heavy (non-hydrogen) atoms. The molecule has 0 aliphatic rings. The molecule has 0 atom stereocenters. The molecule has 0 heterocycles. The Balaban J connectivity index is 2.33. The van der Waals surface area contributed by atoms with E-state index in [0.717, 1.165) is 12.8 Å². The summed E-state index contributed by atoms with van der Waals surface area (Å²) in [6.07, 6.45) is 1.81. The van der Waals surface area contributed by atoms with Gasteiger partial charge in [0.15, 0.2) is 0 Å². The summed E-state index contributed by atoms with van der Waals surface area (Å²) in [6.45, 7) is 4.17. The zero-order valence-corrected chi connectivity index (χ0v) is 17.6. The van der Waals surface area contributed by atoms with Crippen LogP contribution in [0.5, 0.6) is 5.75 Å². The van der Waals surface area contributed by atoms with Gasteiger partial charge in [-0.2, -0.15) is 0 Å². The third-order valence-electron chi connectivity index (χ3n) is 4.30. The van der Waals surface area contributed by atoms with Gasteiger partial charge in [-0.15, -0.1) is 0 Å². The van der Waals surface area contributed by atoms with E-state index >= 15 is 0 Å². The highest BCUT2D eigenvalue weighted by molar-refractivity contribution is 6.10. The Morgan fingerprint density at radius 2 is 1.67 bits per heavy atom. The van der Waals surface area contributed by atoms with Gasteiger partial charge in [0.1, 0.15) is 12.4 Å². The van der Waals surface area contributed by atoms with Gasteiger partial charge in [0.25, 0.3) is 5.91 Å². The number of ether oxygens (including phenoxy) is 3. The number of nitrogens with zero attached hydrogens (tertiary/aromatic N) is 1. The molecule has 0 saturated heterocycles. The van der Waals surface area contributed by atoms with Crippen LogP contribution in [0.3, 0.4) is 0 Å². The van der Waals surface area contributed by atoms with Gasteiger partial charge in [-0.25, -0.2) is 9.59 Å². The molecule has 0 unspecified atom stereocenters. The molecule has 0 spiro atoms. The van der Waals surface area contributed by atoms with Crippen molar-refractivity contribution in [1.82, 2.24) is 0 Å². The molecule has 0 aliphatic carbocycles. The highest BCUT2D eigenvalue weighted by atomic mass is 16.5. The number of anilines is 1. The second-order valence-electron chi connectivity index (χ2n) is 6.48. The number of rotatable bonds is 10. The maximum atomic E-state index is 12.8. The molecule has 7 nitrogen and oxygen atoms in total. The molecule has 2 aromatic carbocycles. The zero-order chi connectivity index (χ0) is 21.9. The Kier molecular flexibility index (Phi) is 9.03. The Morgan fingerprint density at radius 1 is 0.933 bits per heavy atom. The van der Waals surface area contributed by atoms with E-state index in [4.69, 9.17) is 14.2 Å². The maximum Gasteiger partial charge on any atom is 0.344 e. The van der Waals surface area contributed by atoms with Crippen molar-refractivity contribution in [3.05, 3.63) is 59.7 Å². The number of carbonyl (C=O) groups excluding carboxylic acids is 3. The van der Waals surface area contributed by atoms with Crippen LogP contribution in [0.25, 0.3) is 0 Å². The molecule has 0 radical (unpaired) electrons. The van der Waals surface area contributed by atoms with Gasteiger partial charge < -0.3 is 19.1 Å². The van der Waals surface area contributed by atoms with Crippen molar-refractivity contribution in [1.29, 1.82) is 0 Å². The molecule has 0 fully saturated rings. The lowest BCUT2D eigenvalue weighted by atomic mass is 10.0. The van der Waals surface area contributed by atoms with Gasteiger partial charge in [-0.05, 0) is 37.6 Å². The van der Waals surface area contributed by atoms with Crippen LogP contribution in [0.1, 0.15) is 47.4 Å². The lowest BCUT2D eigenvalue weighted by Gasteiger charge is -2.21. The van der Waals surface area contributed by atoms with Crippen LogP contribution >= 0.6 is 0 Å². The maximum absolute atomic E-state index is 12.8. The number of benzene rings is 2. The van der Waals surface area contributed by atoms with Crippen LogP contribution in [0.15, 0.2) is 48.5 Å². The molecule has 0 bridgehead atoms. The van der Waals surface area contributed by atoms with Crippen LogP contribution in [-0.4, -0.2) is 44.7 Å². The Morgan fingerprint density at radius 3 is 2.33 bits per heavy atom. The number of hydrogen-bond donors (Lipinski definition) is 0. The first-order valence-corrected chi connectivity index (χ1v) is 9.91. The monoisotopic (exact) mass is 413 g/mol. The summed E-state index contributed by atoms with van der Waals surface area (Å²) in [6, 6.07) is 13.2. The van der Waals surface area contributed by atoms with Crippen molar-refractivity contribution < 1.29 is 28.6 Å². The fourth-order valence-electron chi connectivity index (χ4n) is 2.70. The number of para-hydroxylation sites is 1. The summed E-state index contributed by atoms with van der Waals surface area (Å²) in [7, 11) is 1.52. The van der Waals surface area contributed by atoms with Crippen LogP contribution in [0, 0.1) is 0 Å². The van der Waals surface area contributed by atoms with Gasteiger partial charge in [0.2, 0.25) is 0 Å². The summed E-state index contributed by atoms with van der Waals surface area (Å²) in [5, 5.41) is 0. The number of esters is 2. The van der Waals surface area contributed by atoms with Crippen LogP contribution < -0.4 is 9.64 Å². The van der Waals surface area contributed by atoms with E-state index in [1.54, 1.807) is 49.4 Å². The van der Waals surface area contributed by atoms with Crippen LogP contribution in [0.4, 0.5) is 5.69 Å². The highest BCUT2D eigenvalue weighted by Gasteiger charge is 2.27. The molecular formula is C23H27NO6. The quantitative estimate of drug-likeness (QED) is 0.334. The Hall–Kier alpha value is -3.19. The first-order chi connectivity index (χ1) is 14.5. The van der Waals surface area contributed by atoms with E-state index in [1.165, 1.54) is 18.0 Å². The molecular weight excluding hydrogens is 386 g/mol. The normalized spacial score (nSPS) is 10.4. The predicted molar refractivity (Wildman–Crippen MR) is 113 cm³/mol. The summed E-state index contributed by atoms with van der Waals surface area (Å²) in [5.74, 6) is -1.42. The van der Waals surface area contributed by atoms with Crippen LogP contribution in [-0.2, 0) is 14.3 Å². The van der Waals surface area contributed by atoms with Gasteiger partial charge in [0, 0.05) is 13.7 Å². The van der Waals surface area contributed by atoms with Gasteiger partial charge >= 0.3 is 11.9 Å². The fourth-order valence-corrected chi connectivity index (χ4v) is 2.70. The Bertz CT molecular complexity index is 865. The largest absolute Gasteiger partial charge is 0.462 e. The first-order valence-electron chi connectivity index (χ1n) is 9.91. The number of carbonyl (C=O) groups is 3. The highest BCUT2D eigenvalue weighted by Crippen LogP contribution is 2.26. The third kappa shape index (κ3) is 6.15. The molecule has 0 N–H and O–H groups in total. The summed E-state index contributed by atoms with van der Waals surface area (Å²) >= 11 is 0. The van der Waals surface area contributed by atoms with Crippen molar-refractivity contribution in [2.24, 2.45) is 0 Å². The van der Waals surface area contributed by atoms with Gasteiger partial charge in [-0.3, -0.25) is 4.79 Å². The first kappa shape index (κ1) is 23.1. The smallest absolute Gasteiger partial charge is 0.344 e. The van der Waals surface area contributed by atoms with Crippen molar-refractivity contribution in [2.75, 3.05) is 31.8 Å². The third-order valence-corrected chi connectivity index (χ3v) is 4.30. The lowest BCUT2D eigenvalue weighted by Crippen LogP contribution is -2.32. The molecule has 0 aliphatic heterocycles. The van der Waals surface area contributed by atoms with Crippen LogP contribution in [0.2, 0.25) is 0 Å². The standard InChI is InChI=1S/C23H27NO6/c1-4-6-15-28-16-20(25)24(3)19-14-10-13-18(21(19)23(27)29-5-2)22(26)30-17-11-8-7-9-12-17/h7-14H,4-6,15-16H2,1-3H3. The topological polar surface area (TPSA) is 82.1 Å². The minimum absolute atomic E-state index is 0.0151. The molecule has 0 saturated carbocycles. The average molecular weight is 413 g/mol. The SMILES string of the molecule is CCCCOCC(=O)N(C)c1cccc(C(=O)Oc2ccccc2)c1C(=O)OCC. The number of hydrogen-bond acceptors (Lipinski definition) is 6. The number of unbranched alkanes of at least 4 members (excludes halogenated alkanes) is 1. The van der Waals surface area contributed by atoms with E-state index in [0.29, 0.717) is 12.4 Å². The Labute approximate surface area is 176 Å². The van der Waals surface area contributed by atoms with E-state index in [1.807, 2.05) is 6.92 Å². The van der Waals surface area contributed by atoms with Crippen molar-refractivity contribution in [3.8, 4) is 5.75 Å². The zero-order valence-electron chi connectivity index (χ0n) is 17.6. The lowest BCUT2D eigenvalue weighted by molar-refractivity contribution is -0.122. The molecule has 2 aromatic rings. The fraction of sp³-hybridized carbons (Fsp3) is 0.348. The minimum Gasteiger partial charge on any atom is -0.462 e. The number of amides is 1. The molecule has 7 heteroatoms. The second-order valence-corrected chi connectivity index (χ2v) is 6.48. The molecule has 2 rings (SSSR count). The van der Waals surface area contributed by atoms with E-state index < -0.39 is 11.9 Å². The van der Waals surface area contributed by atoms with E-state index in [9.17, 15) is 14.4 Å².